The van der Waals surface area contributed by atoms with Gasteiger partial charge in [-0.25, -0.2) is 0 Å². The molecule has 0 rings (SSSR count). The van der Waals surface area contributed by atoms with Crippen LogP contribution < -0.4 is 0 Å². The van der Waals surface area contributed by atoms with Gasteiger partial charge in [0, 0.05) is 0 Å². The maximum atomic E-state index is 3.76. The van der Waals surface area contributed by atoms with Gasteiger partial charge in [0.15, 0.2) is 0 Å². The van der Waals surface area contributed by atoms with E-state index in [0.717, 1.165) is 5.57 Å². The van der Waals surface area contributed by atoms with Crippen LogP contribution >= 0.6 is 0 Å². The Kier molecular flexibility index (Phi) is 44.0. The molecule has 16 heavy (non-hydrogen) atoms. The molecule has 0 aliphatic rings. The van der Waals surface area contributed by atoms with E-state index in [-0.39, 0.29) is 0 Å². The zero-order valence-electron chi connectivity index (χ0n) is 12.1. The maximum absolute atomic E-state index is 3.76. The van der Waals surface area contributed by atoms with Crippen LogP contribution in [0.1, 0.15) is 41.5 Å². The molecule has 0 aliphatic heterocycles. The number of rotatable bonds is 3. The molecule has 0 fully saturated rings. The predicted octanol–water partition coefficient (Wildman–Crippen LogP) is 6.11. The lowest BCUT2D eigenvalue weighted by Crippen LogP contribution is -1.72. The Bertz CT molecular complexity index is 186. The van der Waals surface area contributed by atoms with Crippen molar-refractivity contribution in [2.45, 2.75) is 41.5 Å². The Morgan fingerprint density at radius 1 is 0.750 bits per heavy atom. The highest BCUT2D eigenvalue weighted by Crippen LogP contribution is 2.03. The van der Waals surface area contributed by atoms with E-state index in [9.17, 15) is 0 Å². The summed E-state index contributed by atoms with van der Waals surface area (Å²) in [6.45, 7) is 26.0. The summed E-state index contributed by atoms with van der Waals surface area (Å²) in [5, 5.41) is 0. The van der Waals surface area contributed by atoms with Gasteiger partial charge in [0.2, 0.25) is 0 Å². The van der Waals surface area contributed by atoms with Crippen molar-refractivity contribution in [1.29, 1.82) is 0 Å². The molecule has 0 aromatic rings. The molecule has 0 aromatic carbocycles. The van der Waals surface area contributed by atoms with Crippen LogP contribution in [0, 0.1) is 0 Å². The van der Waals surface area contributed by atoms with E-state index in [0.29, 0.717) is 0 Å². The van der Waals surface area contributed by atoms with Crippen molar-refractivity contribution < 1.29 is 0 Å². The quantitative estimate of drug-likeness (QED) is 0.506. The first-order chi connectivity index (χ1) is 7.59. The van der Waals surface area contributed by atoms with Crippen LogP contribution in [0.5, 0.6) is 0 Å². The summed E-state index contributed by atoms with van der Waals surface area (Å²) in [4.78, 5) is 0. The Morgan fingerprint density at radius 2 is 1.06 bits per heavy atom. The zero-order valence-corrected chi connectivity index (χ0v) is 12.1. The highest BCUT2D eigenvalue weighted by atomic mass is 13.9. The minimum atomic E-state index is 1.10. The van der Waals surface area contributed by atoms with Gasteiger partial charge in [-0.2, -0.15) is 0 Å². The molecule has 0 saturated carbocycles. The van der Waals surface area contributed by atoms with Crippen LogP contribution in [0.2, 0.25) is 0 Å². The molecule has 0 unspecified atom stereocenters. The number of hydrogen-bond donors (Lipinski definition) is 0. The molecule has 0 nitrogen and oxygen atoms in total. The summed E-state index contributed by atoms with van der Waals surface area (Å²) in [5.74, 6) is 0. The fraction of sp³-hybridized carbons (Fsp3) is 0.375. The first-order valence-corrected chi connectivity index (χ1v) is 5.78. The monoisotopic (exact) mass is 222 g/mol. The summed E-state index contributed by atoms with van der Waals surface area (Å²) >= 11 is 0. The van der Waals surface area contributed by atoms with Crippen LogP contribution in [0.25, 0.3) is 0 Å². The largest absolute Gasteiger partial charge is 0.0991 e. The first-order valence-electron chi connectivity index (χ1n) is 5.78. The molecular weight excluding hydrogens is 192 g/mol. The molecule has 0 saturated heterocycles. The molecule has 0 heteroatoms. The van der Waals surface area contributed by atoms with E-state index in [1.807, 2.05) is 47.6 Å². The molecule has 0 N–H and O–H groups in total. The van der Waals surface area contributed by atoms with Gasteiger partial charge in [0.25, 0.3) is 0 Å². The summed E-state index contributed by atoms with van der Waals surface area (Å²) in [6, 6.07) is 0. The zero-order chi connectivity index (χ0) is 14.0. The maximum Gasteiger partial charge on any atom is -0.0395 e. The van der Waals surface area contributed by atoms with Gasteiger partial charge in [0.05, 0.1) is 0 Å². The van der Waals surface area contributed by atoms with Crippen molar-refractivity contribution in [2.75, 3.05) is 0 Å². The lowest BCUT2D eigenvalue weighted by molar-refractivity contribution is 1.37. The molecule has 94 valence electrons. The van der Waals surface area contributed by atoms with Crippen molar-refractivity contribution >= 4 is 0 Å². The van der Waals surface area contributed by atoms with Crippen LogP contribution in [-0.4, -0.2) is 0 Å². The Hall–Kier alpha value is -1.30. The van der Waals surface area contributed by atoms with Gasteiger partial charge in [-0.1, -0.05) is 83.9 Å². The molecule has 0 aliphatic carbocycles. The molecule has 0 aromatic heterocycles. The minimum absolute atomic E-state index is 1.10. The third kappa shape index (κ3) is 38.7. The van der Waals surface area contributed by atoms with Gasteiger partial charge in [-0.05, 0) is 19.4 Å². The highest BCUT2D eigenvalue weighted by Gasteiger charge is 1.82. The van der Waals surface area contributed by atoms with Crippen molar-refractivity contribution in [1.82, 2.24) is 0 Å². The normalized spacial score (nSPS) is 7.50. The van der Waals surface area contributed by atoms with Gasteiger partial charge in [-0.15, -0.1) is 0 Å². The van der Waals surface area contributed by atoms with Gasteiger partial charge >= 0.3 is 0 Å². The van der Waals surface area contributed by atoms with E-state index in [4.69, 9.17) is 0 Å². The van der Waals surface area contributed by atoms with E-state index >= 15 is 0 Å². The van der Waals surface area contributed by atoms with Crippen LogP contribution in [0.15, 0.2) is 61.8 Å². The van der Waals surface area contributed by atoms with Gasteiger partial charge in [0.1, 0.15) is 0 Å². The Labute approximate surface area is 104 Å². The molecule has 0 amide bonds. The van der Waals surface area contributed by atoms with Gasteiger partial charge < -0.3 is 0 Å². The number of hydrogen-bond acceptors (Lipinski definition) is 0. The van der Waals surface area contributed by atoms with Crippen LogP contribution in [0.4, 0.5) is 0 Å². The van der Waals surface area contributed by atoms with Crippen LogP contribution in [0.3, 0.4) is 0 Å². The molecule has 0 spiro atoms. The smallest absolute Gasteiger partial charge is 0.0395 e. The lowest BCUT2D eigenvalue weighted by atomic mass is 10.1. The molecule has 0 atom stereocenters. The third-order valence-electron chi connectivity index (χ3n) is 1.21. The van der Waals surface area contributed by atoms with E-state index in [1.54, 1.807) is 18.2 Å². The fourth-order valence-electron chi connectivity index (χ4n) is 0.319. The molecule has 0 bridgehead atoms. The Morgan fingerprint density at radius 3 is 1.12 bits per heavy atom. The summed E-state index contributed by atoms with van der Waals surface area (Å²) < 4.78 is 0. The van der Waals surface area contributed by atoms with Crippen molar-refractivity contribution in [3.8, 4) is 0 Å². The Balaban J connectivity index is -0.0000000761. The van der Waals surface area contributed by atoms with E-state index in [2.05, 4.69) is 26.3 Å². The second-order valence-electron chi connectivity index (χ2n) is 2.34. The third-order valence-corrected chi connectivity index (χ3v) is 1.21. The standard InChI is InChI=1S/C8H12.C4H6.2C2H6/c1-5-6-8(4)7(2)3;1-3-4-2;2*1-2/h5-6H,1-2H2,3-4H3;3-4H,1-2H2;2*1-2H3/b8-6-;;;. The minimum Gasteiger partial charge on any atom is -0.0991 e. The van der Waals surface area contributed by atoms with E-state index < -0.39 is 0 Å². The van der Waals surface area contributed by atoms with E-state index in [1.165, 1.54) is 5.57 Å². The second kappa shape index (κ2) is 29.2. The van der Waals surface area contributed by atoms with Crippen molar-refractivity contribution in [3.05, 3.63) is 61.8 Å². The summed E-state index contributed by atoms with van der Waals surface area (Å²) in [5.41, 5.74) is 2.30. The summed E-state index contributed by atoms with van der Waals surface area (Å²) in [6.07, 6.45) is 6.99. The fourth-order valence-corrected chi connectivity index (χ4v) is 0.319. The highest BCUT2D eigenvalue weighted by molar-refractivity contribution is 5.26. The second-order valence-corrected chi connectivity index (χ2v) is 2.34. The average molecular weight is 222 g/mol. The van der Waals surface area contributed by atoms with Crippen LogP contribution in [-0.2, 0) is 0 Å². The first kappa shape index (κ1) is 24.1. The summed E-state index contributed by atoms with van der Waals surface area (Å²) in [7, 11) is 0. The van der Waals surface area contributed by atoms with Gasteiger partial charge in [-0.3, -0.25) is 0 Å². The SMILES string of the molecule is C=C/C=C(/C)C(=C)C.C=CC=C.CC.CC. The molecular formula is C16H30. The molecule has 0 radical (unpaired) electrons. The number of allylic oxidation sites excluding steroid dienone is 6. The average Bonchev–Trinajstić information content (AvgIpc) is 2.34. The topological polar surface area (TPSA) is 0 Å². The predicted molar refractivity (Wildman–Crippen MR) is 81.9 cm³/mol. The van der Waals surface area contributed by atoms with Crippen molar-refractivity contribution in [2.24, 2.45) is 0 Å². The van der Waals surface area contributed by atoms with Crippen molar-refractivity contribution in [3.63, 3.8) is 0 Å². The molecule has 0 heterocycles. The lowest BCUT2D eigenvalue weighted by Gasteiger charge is -1.92.